The molecule has 0 fully saturated rings. The Morgan fingerprint density at radius 3 is 2.47 bits per heavy atom. The molecular weight excluding hydrogens is 186 g/mol. The monoisotopic (exact) mass is 207 g/mol. The van der Waals surface area contributed by atoms with Gasteiger partial charge in [0.05, 0.1) is 7.11 Å². The van der Waals surface area contributed by atoms with Gasteiger partial charge < -0.3 is 10.1 Å². The van der Waals surface area contributed by atoms with Crippen LogP contribution in [0.5, 0.6) is 5.75 Å². The van der Waals surface area contributed by atoms with Crippen LogP contribution in [0.3, 0.4) is 0 Å². The number of nitrogens with one attached hydrogen (secondary N) is 1. The minimum atomic E-state index is 0.540. The number of anilines is 1. The van der Waals surface area contributed by atoms with E-state index in [1.54, 1.807) is 7.11 Å². The zero-order chi connectivity index (χ0) is 11.1. The van der Waals surface area contributed by atoms with E-state index in [-0.39, 0.29) is 0 Å². The Bertz CT molecular complexity index is 268. The van der Waals surface area contributed by atoms with Gasteiger partial charge in [-0.05, 0) is 37.6 Å². The molecule has 1 aromatic carbocycles. The zero-order valence-corrected chi connectivity index (χ0v) is 9.92. The molecule has 0 aliphatic rings. The third-order valence-electron chi connectivity index (χ3n) is 2.49. The third kappa shape index (κ3) is 4.24. The van der Waals surface area contributed by atoms with E-state index >= 15 is 0 Å². The molecule has 1 atom stereocenters. The fourth-order valence-electron chi connectivity index (χ4n) is 1.55. The summed E-state index contributed by atoms with van der Waals surface area (Å²) in [7, 11) is 1.69. The first kappa shape index (κ1) is 11.9. The van der Waals surface area contributed by atoms with Crippen LogP contribution in [0, 0.1) is 0 Å². The maximum Gasteiger partial charge on any atom is 0.119 e. The minimum Gasteiger partial charge on any atom is -0.497 e. The van der Waals surface area contributed by atoms with Crippen molar-refractivity contribution in [2.75, 3.05) is 12.4 Å². The Labute approximate surface area is 92.6 Å². The third-order valence-corrected chi connectivity index (χ3v) is 2.49. The summed E-state index contributed by atoms with van der Waals surface area (Å²) in [6.07, 6.45) is 3.77. The molecule has 2 heteroatoms. The minimum absolute atomic E-state index is 0.540. The molecule has 1 rings (SSSR count). The maximum atomic E-state index is 5.11. The highest BCUT2D eigenvalue weighted by Crippen LogP contribution is 2.16. The summed E-state index contributed by atoms with van der Waals surface area (Å²) in [6, 6.07) is 8.62. The van der Waals surface area contributed by atoms with Crippen LogP contribution in [0.1, 0.15) is 33.1 Å². The van der Waals surface area contributed by atoms with Gasteiger partial charge in [-0.25, -0.2) is 0 Å². The largest absolute Gasteiger partial charge is 0.497 e. The van der Waals surface area contributed by atoms with Crippen molar-refractivity contribution in [3.63, 3.8) is 0 Å². The van der Waals surface area contributed by atoms with E-state index in [0.29, 0.717) is 6.04 Å². The first-order valence-corrected chi connectivity index (χ1v) is 5.67. The molecule has 2 nitrogen and oxygen atoms in total. The molecule has 0 saturated carbocycles. The molecule has 0 spiro atoms. The van der Waals surface area contributed by atoms with Gasteiger partial charge in [0.1, 0.15) is 5.75 Å². The molecule has 0 aromatic heterocycles. The smallest absolute Gasteiger partial charge is 0.119 e. The first-order valence-electron chi connectivity index (χ1n) is 5.67. The van der Waals surface area contributed by atoms with Crippen LogP contribution < -0.4 is 10.1 Å². The highest BCUT2D eigenvalue weighted by Gasteiger charge is 2.00. The average Bonchev–Trinajstić information content (AvgIpc) is 2.27. The van der Waals surface area contributed by atoms with Crippen molar-refractivity contribution in [1.29, 1.82) is 0 Å². The number of rotatable bonds is 6. The number of benzene rings is 1. The molecule has 0 heterocycles. The van der Waals surface area contributed by atoms with E-state index < -0.39 is 0 Å². The Morgan fingerprint density at radius 1 is 1.27 bits per heavy atom. The van der Waals surface area contributed by atoms with Crippen molar-refractivity contribution in [1.82, 2.24) is 0 Å². The highest BCUT2D eigenvalue weighted by molar-refractivity contribution is 5.46. The standard InChI is InChI=1S/C13H21NO/c1-4-5-6-11(2)14-12-7-9-13(15-3)10-8-12/h7-11,14H,4-6H2,1-3H3. The Kier molecular flexibility index (Phi) is 5.02. The van der Waals surface area contributed by atoms with E-state index in [1.165, 1.54) is 24.9 Å². The van der Waals surface area contributed by atoms with Gasteiger partial charge in [0.15, 0.2) is 0 Å². The number of hydrogen-bond acceptors (Lipinski definition) is 2. The molecule has 84 valence electrons. The molecule has 0 amide bonds. The summed E-state index contributed by atoms with van der Waals surface area (Å²) in [5, 5.41) is 3.47. The van der Waals surface area contributed by atoms with Crippen LogP contribution in [0.2, 0.25) is 0 Å². The topological polar surface area (TPSA) is 21.3 Å². The van der Waals surface area contributed by atoms with Crippen molar-refractivity contribution in [3.05, 3.63) is 24.3 Å². The van der Waals surface area contributed by atoms with E-state index in [1.807, 2.05) is 12.1 Å². The summed E-state index contributed by atoms with van der Waals surface area (Å²) in [4.78, 5) is 0. The van der Waals surface area contributed by atoms with Crippen LogP contribution in [0.4, 0.5) is 5.69 Å². The number of hydrogen-bond donors (Lipinski definition) is 1. The van der Waals surface area contributed by atoms with Crippen molar-refractivity contribution in [2.24, 2.45) is 0 Å². The molecule has 15 heavy (non-hydrogen) atoms. The first-order chi connectivity index (χ1) is 7.26. The van der Waals surface area contributed by atoms with E-state index in [4.69, 9.17) is 4.74 Å². The van der Waals surface area contributed by atoms with Gasteiger partial charge in [-0.1, -0.05) is 19.8 Å². The van der Waals surface area contributed by atoms with Crippen molar-refractivity contribution in [2.45, 2.75) is 39.2 Å². The van der Waals surface area contributed by atoms with Crippen molar-refractivity contribution in [3.8, 4) is 5.75 Å². The zero-order valence-electron chi connectivity index (χ0n) is 9.92. The average molecular weight is 207 g/mol. The lowest BCUT2D eigenvalue weighted by molar-refractivity contribution is 0.415. The lowest BCUT2D eigenvalue weighted by atomic mass is 10.1. The summed E-state index contributed by atoms with van der Waals surface area (Å²) >= 11 is 0. The summed E-state index contributed by atoms with van der Waals surface area (Å²) < 4.78 is 5.11. The SMILES string of the molecule is CCCCC(C)Nc1ccc(OC)cc1. The molecule has 0 bridgehead atoms. The quantitative estimate of drug-likeness (QED) is 0.768. The fourth-order valence-corrected chi connectivity index (χ4v) is 1.55. The number of unbranched alkanes of at least 4 members (excludes halogenated alkanes) is 1. The Morgan fingerprint density at radius 2 is 1.93 bits per heavy atom. The van der Waals surface area contributed by atoms with Crippen LogP contribution in [0.25, 0.3) is 0 Å². The van der Waals surface area contributed by atoms with Crippen LogP contribution in [-0.4, -0.2) is 13.2 Å². The maximum absolute atomic E-state index is 5.11. The van der Waals surface area contributed by atoms with Crippen molar-refractivity contribution >= 4 is 5.69 Å². The molecule has 1 N–H and O–H groups in total. The fraction of sp³-hybridized carbons (Fsp3) is 0.538. The summed E-state index contributed by atoms with van der Waals surface area (Å²) in [5.74, 6) is 0.904. The number of methoxy groups -OCH3 is 1. The molecular formula is C13H21NO. The molecule has 0 radical (unpaired) electrons. The van der Waals surface area contributed by atoms with Gasteiger partial charge >= 0.3 is 0 Å². The van der Waals surface area contributed by atoms with E-state index in [0.717, 1.165) is 5.75 Å². The second kappa shape index (κ2) is 6.33. The highest BCUT2D eigenvalue weighted by atomic mass is 16.5. The predicted octanol–water partition coefficient (Wildman–Crippen LogP) is 3.69. The van der Waals surface area contributed by atoms with Crippen LogP contribution >= 0.6 is 0 Å². The second-order valence-corrected chi connectivity index (χ2v) is 3.92. The molecule has 1 aromatic rings. The van der Waals surface area contributed by atoms with E-state index in [2.05, 4.69) is 31.3 Å². The second-order valence-electron chi connectivity index (χ2n) is 3.92. The van der Waals surface area contributed by atoms with Gasteiger partial charge in [-0.3, -0.25) is 0 Å². The molecule has 0 aliphatic heterocycles. The van der Waals surface area contributed by atoms with Crippen LogP contribution in [-0.2, 0) is 0 Å². The Hall–Kier alpha value is -1.18. The molecule has 0 aliphatic carbocycles. The summed E-state index contributed by atoms with van der Waals surface area (Å²) in [6.45, 7) is 4.44. The van der Waals surface area contributed by atoms with Crippen LogP contribution in [0.15, 0.2) is 24.3 Å². The molecule has 1 unspecified atom stereocenters. The van der Waals surface area contributed by atoms with E-state index in [9.17, 15) is 0 Å². The lowest BCUT2D eigenvalue weighted by Crippen LogP contribution is -2.14. The lowest BCUT2D eigenvalue weighted by Gasteiger charge is -2.14. The summed E-state index contributed by atoms with van der Waals surface area (Å²) in [5.41, 5.74) is 1.17. The number of ether oxygens (including phenoxy) is 1. The molecule has 0 saturated heterocycles. The normalized spacial score (nSPS) is 12.2. The predicted molar refractivity (Wildman–Crippen MR) is 65.6 cm³/mol. The van der Waals surface area contributed by atoms with Gasteiger partial charge in [0.25, 0.3) is 0 Å². The van der Waals surface area contributed by atoms with Gasteiger partial charge in [-0.2, -0.15) is 0 Å². The van der Waals surface area contributed by atoms with Gasteiger partial charge in [0.2, 0.25) is 0 Å². The van der Waals surface area contributed by atoms with Gasteiger partial charge in [0, 0.05) is 11.7 Å². The van der Waals surface area contributed by atoms with Crippen molar-refractivity contribution < 1.29 is 4.74 Å². The van der Waals surface area contributed by atoms with Gasteiger partial charge in [-0.15, -0.1) is 0 Å². The Balaban J connectivity index is 2.42.